The lowest BCUT2D eigenvalue weighted by molar-refractivity contribution is -0.350. The molecule has 12 bridgehead atoms. The third kappa shape index (κ3) is 15.6. The van der Waals surface area contributed by atoms with Gasteiger partial charge in [0, 0.05) is 95.5 Å². The molecule has 8 rings (SSSR count). The van der Waals surface area contributed by atoms with Gasteiger partial charge in [-0.05, 0) is 63.4 Å². The van der Waals surface area contributed by atoms with Crippen molar-refractivity contribution >= 4 is 17.7 Å². The highest BCUT2D eigenvalue weighted by Gasteiger charge is 2.58. The highest BCUT2D eigenvalue weighted by molar-refractivity contribution is 5.81. The summed E-state index contributed by atoms with van der Waals surface area (Å²) in [7, 11) is 1.67. The molecule has 19 nitrogen and oxygen atoms in total. The van der Waals surface area contributed by atoms with Crippen LogP contribution in [0.15, 0.2) is 60.8 Å². The molecule has 6 saturated heterocycles. The van der Waals surface area contributed by atoms with Gasteiger partial charge < -0.3 is 78.4 Å². The first-order valence-corrected chi connectivity index (χ1v) is 29.8. The van der Waals surface area contributed by atoms with E-state index < -0.39 is 144 Å². The summed E-state index contributed by atoms with van der Waals surface area (Å²) in [4.78, 5) is 41.3. The molecule has 0 unspecified atom stereocenters. The van der Waals surface area contributed by atoms with Crippen molar-refractivity contribution < 1.29 is 92.8 Å². The van der Waals surface area contributed by atoms with Crippen molar-refractivity contribution in [3.63, 3.8) is 0 Å². The minimum atomic E-state index is -2.36. The average Bonchev–Trinajstić information content (AvgIpc) is 3.58. The minimum absolute atomic E-state index is 0.0326. The van der Waals surface area contributed by atoms with Gasteiger partial charge in [-0.25, -0.2) is 0 Å². The molecular formula is C62H94O19. The van der Waals surface area contributed by atoms with E-state index in [1.807, 2.05) is 39.0 Å². The van der Waals surface area contributed by atoms with Crippen LogP contribution in [0, 0.1) is 29.6 Å². The Hall–Kier alpha value is -3.25. The zero-order chi connectivity index (χ0) is 58.8. The van der Waals surface area contributed by atoms with E-state index in [1.54, 1.807) is 27.0 Å². The lowest BCUT2D eigenvalue weighted by Crippen LogP contribution is -2.65. The van der Waals surface area contributed by atoms with Crippen LogP contribution in [0.1, 0.15) is 151 Å². The molecule has 8 aliphatic rings. The molecule has 0 aromatic carbocycles. The number of ether oxygens (including phenoxy) is 9. The van der Waals surface area contributed by atoms with Gasteiger partial charge in [-0.3, -0.25) is 14.4 Å². The van der Waals surface area contributed by atoms with Crippen LogP contribution in [0.2, 0.25) is 0 Å². The summed E-state index contributed by atoms with van der Waals surface area (Å²) in [5.41, 5.74) is -0.712. The van der Waals surface area contributed by atoms with Gasteiger partial charge in [-0.1, -0.05) is 82.9 Å². The molecule has 0 aromatic rings. The number of hydrogen-bond acceptors (Lipinski definition) is 19. The average molecular weight is 1140 g/mol. The van der Waals surface area contributed by atoms with Gasteiger partial charge in [0.25, 0.3) is 0 Å². The number of fused-ring (bicyclic) bond motifs is 10. The molecule has 1 aliphatic carbocycles. The predicted molar refractivity (Wildman–Crippen MR) is 295 cm³/mol. The van der Waals surface area contributed by atoms with E-state index >= 15 is 0 Å². The van der Waals surface area contributed by atoms with Gasteiger partial charge >= 0.3 is 11.9 Å². The SMILES string of the molecule is C=C/C=C/[C@H](O)CC(=C)C[C@H]1O[C@@H]2[C@H](C)[C@@H](OC(=O)C[C@@H]3C[C@@H](OC(C)=O)C[C@]4(C[C@](C)(O)C[C@@H](/C=C5/CO[C@@H]([C@H](C)C(=O)C[C@H]6C[C@@H](OC)C[C@]7(C[C@H](O)C[C@@H](/C=C\CCC[C@@H]8O[C@@](O)(C[C@@H](O)[C@@H]8C)[C@H]2O)O7)C6)[C@@H]5C)O4)O3)[C@@H]1O. The summed E-state index contributed by atoms with van der Waals surface area (Å²) in [6, 6.07) is 0. The molecule has 1 saturated carbocycles. The van der Waals surface area contributed by atoms with E-state index in [0.29, 0.717) is 56.9 Å². The van der Waals surface area contributed by atoms with Gasteiger partial charge in [0.15, 0.2) is 11.6 Å². The maximum absolute atomic E-state index is 14.4. The van der Waals surface area contributed by atoms with Crippen LogP contribution in [0.5, 0.6) is 0 Å². The first-order chi connectivity index (χ1) is 38.2. The van der Waals surface area contributed by atoms with Gasteiger partial charge in [0.05, 0.1) is 91.4 Å². The fraction of sp³-hybridized carbons (Fsp3) is 0.790. The van der Waals surface area contributed by atoms with Crippen molar-refractivity contribution in [2.24, 2.45) is 29.6 Å². The molecule has 7 fully saturated rings. The first-order valence-electron chi connectivity index (χ1n) is 29.8. The second kappa shape index (κ2) is 26.6. The Bertz CT molecular complexity index is 2300. The monoisotopic (exact) mass is 1140 g/mol. The number of aliphatic hydroxyl groups is 7. The van der Waals surface area contributed by atoms with Crippen LogP contribution >= 0.6 is 0 Å². The molecule has 456 valence electrons. The van der Waals surface area contributed by atoms with E-state index in [0.717, 1.165) is 5.57 Å². The maximum Gasteiger partial charge on any atom is 0.308 e. The topological polar surface area (TPSA) is 276 Å². The Morgan fingerprint density at radius 2 is 1.64 bits per heavy atom. The smallest absolute Gasteiger partial charge is 0.308 e. The van der Waals surface area contributed by atoms with Gasteiger partial charge in [0.1, 0.15) is 30.2 Å². The number of allylic oxidation sites excluding steroid dienone is 3. The van der Waals surface area contributed by atoms with Crippen molar-refractivity contribution in [1.82, 2.24) is 0 Å². The number of aliphatic hydroxyl groups excluding tert-OH is 5. The Balaban J connectivity index is 1.10. The lowest BCUT2D eigenvalue weighted by atomic mass is 9.70. The normalized spacial score (nSPS) is 47.3. The molecule has 7 N–H and O–H groups in total. The third-order valence-electron chi connectivity index (χ3n) is 18.8. The molecular weight excluding hydrogens is 1050 g/mol. The number of methoxy groups -OCH3 is 1. The van der Waals surface area contributed by atoms with Crippen molar-refractivity contribution in [3.05, 3.63) is 60.8 Å². The number of hydrogen-bond donors (Lipinski definition) is 7. The number of ketones is 1. The van der Waals surface area contributed by atoms with Gasteiger partial charge in [-0.15, -0.1) is 0 Å². The van der Waals surface area contributed by atoms with E-state index in [9.17, 15) is 50.1 Å². The fourth-order valence-electron chi connectivity index (χ4n) is 14.9. The van der Waals surface area contributed by atoms with Crippen molar-refractivity contribution in [1.29, 1.82) is 0 Å². The molecule has 81 heavy (non-hydrogen) atoms. The van der Waals surface area contributed by atoms with Crippen molar-refractivity contribution in [2.75, 3.05) is 13.7 Å². The largest absolute Gasteiger partial charge is 0.462 e. The van der Waals surface area contributed by atoms with Crippen molar-refractivity contribution in [3.8, 4) is 0 Å². The number of Topliss-reactive ketones (excluding diaryl/α,β-unsaturated/α-hetero) is 1. The van der Waals surface area contributed by atoms with Crippen LogP contribution < -0.4 is 0 Å². The Kier molecular flexibility index (Phi) is 20.9. The molecule has 19 heteroatoms. The second-order valence-electron chi connectivity index (χ2n) is 25.9. The Labute approximate surface area is 478 Å². The highest BCUT2D eigenvalue weighted by Crippen LogP contribution is 2.49. The van der Waals surface area contributed by atoms with E-state index in [1.165, 1.54) is 19.1 Å². The van der Waals surface area contributed by atoms with Crippen LogP contribution in [-0.4, -0.2) is 182 Å². The summed E-state index contributed by atoms with van der Waals surface area (Å²) in [6.45, 7) is 18.3. The second-order valence-corrected chi connectivity index (χ2v) is 25.9. The van der Waals surface area contributed by atoms with Gasteiger partial charge in [0.2, 0.25) is 0 Å². The Morgan fingerprint density at radius 1 is 0.877 bits per heavy atom. The summed E-state index contributed by atoms with van der Waals surface area (Å²) in [5.74, 6) is -7.38. The molecule has 0 aromatic heterocycles. The quantitative estimate of drug-likeness (QED) is 0.0904. The highest BCUT2D eigenvalue weighted by atomic mass is 16.7. The molecule has 2 spiro atoms. The predicted octanol–water partition coefficient (Wildman–Crippen LogP) is 5.46. The summed E-state index contributed by atoms with van der Waals surface area (Å²) < 4.78 is 57.7. The third-order valence-corrected chi connectivity index (χ3v) is 18.8. The lowest BCUT2D eigenvalue weighted by Gasteiger charge is -2.51. The van der Waals surface area contributed by atoms with E-state index in [2.05, 4.69) is 13.2 Å². The van der Waals surface area contributed by atoms with Crippen LogP contribution in [0.25, 0.3) is 0 Å². The van der Waals surface area contributed by atoms with Crippen molar-refractivity contribution in [2.45, 2.75) is 265 Å². The number of carbonyl (C=O) groups excluding carboxylic acids is 3. The molecule has 0 radical (unpaired) electrons. The fourth-order valence-corrected chi connectivity index (χ4v) is 14.9. The number of esters is 2. The van der Waals surface area contributed by atoms with Crippen LogP contribution in [0.3, 0.4) is 0 Å². The summed E-state index contributed by atoms with van der Waals surface area (Å²) >= 11 is 0. The van der Waals surface area contributed by atoms with Crippen LogP contribution in [0.4, 0.5) is 0 Å². The van der Waals surface area contributed by atoms with E-state index in [-0.39, 0.29) is 81.7 Å². The molecule has 7 aliphatic heterocycles. The number of rotatable bonds is 8. The molecule has 7 heterocycles. The number of carbonyl (C=O) groups is 3. The summed E-state index contributed by atoms with van der Waals surface area (Å²) in [6.07, 6.45) is 0.363. The Morgan fingerprint density at radius 3 is 2.37 bits per heavy atom. The zero-order valence-corrected chi connectivity index (χ0v) is 48.7. The van der Waals surface area contributed by atoms with Gasteiger partial charge in [-0.2, -0.15) is 0 Å². The van der Waals surface area contributed by atoms with E-state index in [4.69, 9.17) is 42.6 Å². The minimum Gasteiger partial charge on any atom is -0.462 e. The maximum atomic E-state index is 14.4. The van der Waals surface area contributed by atoms with Crippen LogP contribution in [-0.2, 0) is 57.0 Å². The summed E-state index contributed by atoms with van der Waals surface area (Å²) in [5, 5.41) is 82.3. The zero-order valence-electron chi connectivity index (χ0n) is 48.7. The molecule has 0 amide bonds. The molecule has 24 atom stereocenters. The first kappa shape index (κ1) is 63.8. The standard InChI is InChI=1S/C62H94O19/c1-10-11-15-42(64)18-34(2)19-52-54(69)56-38(6)57(76-52)58(70)62(72)31-50(67)36(4)51(81-62)17-14-12-13-16-44-23-43(65)27-60(78-44)26-40(20-46(29-60)73-9)21-49(66)37(5)55-35(3)41(32-74-55)22-48-28-59(8,71)33-61(80-48)30-47(75-39(7)63)24-45(79-61)25-53(68)77-56/h10-11,13,15-16,22,35-38,40,42-48,50-52,54-58,64-65,67,69-72H,1-2,12,14,17-21,23-33H2,3-9H3/b15-11+,16-13-,41-22-/t35-,36+,37-,38-,40-,42+,43-,44-,45+,46-,47-,48-,50-,51+,52-,54-,55-,56-,57-,58+,59-,60-,61+,62+/m1/s1.